The molecular weight excluding hydrogens is 366 g/mol. The average Bonchev–Trinajstić information content (AvgIpc) is 3.15. The molecule has 0 unspecified atom stereocenters. The summed E-state index contributed by atoms with van der Waals surface area (Å²) in [5.74, 6) is 0.0504. The molecule has 3 amide bonds. The van der Waals surface area contributed by atoms with Crippen LogP contribution in [0.4, 0.5) is 10.5 Å². The number of anilines is 1. The third-order valence-corrected chi connectivity index (χ3v) is 5.45. The zero-order valence-corrected chi connectivity index (χ0v) is 17.0. The number of hydrogen-bond acceptors (Lipinski definition) is 4. The van der Waals surface area contributed by atoms with Gasteiger partial charge in [0.15, 0.2) is 0 Å². The number of carbonyl (C=O) groups excluding carboxylic acids is 2. The smallest absolute Gasteiger partial charge is 0.316 e. The molecule has 7 nitrogen and oxygen atoms in total. The van der Waals surface area contributed by atoms with Gasteiger partial charge in [-0.15, -0.1) is 0 Å². The molecule has 1 aromatic heterocycles. The zero-order valence-electron chi connectivity index (χ0n) is 17.0. The molecule has 0 bridgehead atoms. The minimum Gasteiger partial charge on any atom is -0.316 e. The Hall–Kier alpha value is -3.22. The summed E-state index contributed by atoms with van der Waals surface area (Å²) < 4.78 is 0. The van der Waals surface area contributed by atoms with E-state index in [0.717, 1.165) is 28.1 Å². The maximum Gasteiger partial charge on any atom is 0.322 e. The number of fused-ring (bicyclic) bond motifs is 1. The summed E-state index contributed by atoms with van der Waals surface area (Å²) in [6.07, 6.45) is 4.16. The first-order valence-electron chi connectivity index (χ1n) is 9.85. The van der Waals surface area contributed by atoms with Crippen molar-refractivity contribution in [1.82, 2.24) is 14.9 Å². The molecule has 29 heavy (non-hydrogen) atoms. The Kier molecular flexibility index (Phi) is 4.82. The van der Waals surface area contributed by atoms with E-state index in [0.29, 0.717) is 26.1 Å². The number of carbonyl (C=O) groups is 2. The Morgan fingerprint density at radius 3 is 2.55 bits per heavy atom. The van der Waals surface area contributed by atoms with Crippen molar-refractivity contribution in [3.63, 3.8) is 0 Å². The number of amides is 3. The molecule has 1 aromatic carbocycles. The number of rotatable bonds is 3. The normalized spacial score (nSPS) is 17.8. The van der Waals surface area contributed by atoms with Gasteiger partial charge in [0.2, 0.25) is 5.91 Å². The molecule has 0 aliphatic carbocycles. The summed E-state index contributed by atoms with van der Waals surface area (Å²) in [6.45, 7) is 7.53. The second-order valence-electron chi connectivity index (χ2n) is 8.14. The summed E-state index contributed by atoms with van der Waals surface area (Å²) in [5.41, 5.74) is 4.33. The molecule has 0 saturated carbocycles. The Balaban J connectivity index is 1.45. The lowest BCUT2D eigenvalue weighted by atomic mass is 9.83. The van der Waals surface area contributed by atoms with Crippen LogP contribution in [0.1, 0.15) is 43.9 Å². The lowest BCUT2D eigenvalue weighted by Crippen LogP contribution is -2.43. The van der Waals surface area contributed by atoms with Crippen LogP contribution < -0.4 is 5.32 Å². The van der Waals surface area contributed by atoms with Crippen LogP contribution >= 0.6 is 0 Å². The van der Waals surface area contributed by atoms with E-state index in [1.54, 1.807) is 11.1 Å². The first-order chi connectivity index (χ1) is 13.9. The van der Waals surface area contributed by atoms with Crippen molar-refractivity contribution in [2.24, 2.45) is 10.5 Å². The highest BCUT2D eigenvalue weighted by atomic mass is 16.2. The summed E-state index contributed by atoms with van der Waals surface area (Å²) in [6, 6.07) is 9.45. The maximum atomic E-state index is 12.6. The molecule has 0 atom stereocenters. The molecule has 0 radical (unpaired) electrons. The van der Waals surface area contributed by atoms with E-state index < -0.39 is 5.41 Å². The molecule has 0 saturated heterocycles. The van der Waals surface area contributed by atoms with Crippen LogP contribution in [-0.4, -0.2) is 39.1 Å². The SMILES string of the molecule is CCN1N=C(c2ccc(NC(=O)N3Cc4ccncc4C3)cc2)CC(C)(C)C1=O. The number of pyridine rings is 1. The van der Waals surface area contributed by atoms with Gasteiger partial charge in [0.25, 0.3) is 0 Å². The molecule has 7 heteroatoms. The summed E-state index contributed by atoms with van der Waals surface area (Å²) in [4.78, 5) is 30.9. The number of hydrogen-bond donors (Lipinski definition) is 1. The van der Waals surface area contributed by atoms with Crippen molar-refractivity contribution in [2.45, 2.75) is 40.3 Å². The predicted molar refractivity (Wildman–Crippen MR) is 111 cm³/mol. The lowest BCUT2D eigenvalue weighted by molar-refractivity contribution is -0.140. The molecular formula is C22H25N5O2. The molecule has 3 heterocycles. The third kappa shape index (κ3) is 3.72. The Labute approximate surface area is 170 Å². The zero-order chi connectivity index (χ0) is 20.6. The fraction of sp³-hybridized carbons (Fsp3) is 0.364. The highest BCUT2D eigenvalue weighted by molar-refractivity contribution is 6.06. The van der Waals surface area contributed by atoms with Crippen molar-refractivity contribution in [3.05, 3.63) is 59.4 Å². The van der Waals surface area contributed by atoms with E-state index in [2.05, 4.69) is 15.4 Å². The lowest BCUT2D eigenvalue weighted by Gasteiger charge is -2.34. The van der Waals surface area contributed by atoms with E-state index >= 15 is 0 Å². The standard InChI is InChI=1S/C22H25N5O2/c1-4-27-20(28)22(2,3)11-19(25-27)15-5-7-18(8-6-15)24-21(29)26-13-16-9-10-23-12-17(16)14-26/h5-10,12H,4,11,13-14H2,1-3H3,(H,24,29). The van der Waals surface area contributed by atoms with Crippen molar-refractivity contribution < 1.29 is 9.59 Å². The molecule has 1 N–H and O–H groups in total. The number of hydrazone groups is 1. The number of benzene rings is 1. The summed E-state index contributed by atoms with van der Waals surface area (Å²) >= 11 is 0. The minimum absolute atomic E-state index is 0.0504. The fourth-order valence-corrected chi connectivity index (χ4v) is 3.76. The van der Waals surface area contributed by atoms with Crippen molar-refractivity contribution >= 4 is 23.3 Å². The largest absolute Gasteiger partial charge is 0.322 e. The second-order valence-corrected chi connectivity index (χ2v) is 8.14. The van der Waals surface area contributed by atoms with Gasteiger partial charge in [-0.1, -0.05) is 26.0 Å². The topological polar surface area (TPSA) is 77.9 Å². The highest BCUT2D eigenvalue weighted by Crippen LogP contribution is 2.31. The molecule has 2 aromatic rings. The molecule has 150 valence electrons. The van der Waals surface area contributed by atoms with Crippen LogP contribution in [0.25, 0.3) is 0 Å². The van der Waals surface area contributed by atoms with Gasteiger partial charge in [-0.25, -0.2) is 9.80 Å². The minimum atomic E-state index is -0.473. The van der Waals surface area contributed by atoms with Gasteiger partial charge in [-0.3, -0.25) is 9.78 Å². The maximum absolute atomic E-state index is 12.6. The van der Waals surface area contributed by atoms with Gasteiger partial charge < -0.3 is 10.2 Å². The van der Waals surface area contributed by atoms with Gasteiger partial charge in [-0.2, -0.15) is 5.10 Å². The molecule has 0 spiro atoms. The van der Waals surface area contributed by atoms with Crippen LogP contribution in [0.2, 0.25) is 0 Å². The van der Waals surface area contributed by atoms with Crippen LogP contribution in [0.15, 0.2) is 47.8 Å². The van der Waals surface area contributed by atoms with Gasteiger partial charge in [0.05, 0.1) is 11.1 Å². The average molecular weight is 391 g/mol. The van der Waals surface area contributed by atoms with Crippen molar-refractivity contribution in [3.8, 4) is 0 Å². The summed E-state index contributed by atoms with van der Waals surface area (Å²) in [7, 11) is 0. The van der Waals surface area contributed by atoms with Crippen LogP contribution in [0.3, 0.4) is 0 Å². The van der Waals surface area contributed by atoms with E-state index in [1.807, 2.05) is 57.3 Å². The molecule has 4 rings (SSSR count). The predicted octanol–water partition coefficient (Wildman–Crippen LogP) is 3.61. The van der Waals surface area contributed by atoms with E-state index in [4.69, 9.17) is 0 Å². The van der Waals surface area contributed by atoms with Crippen LogP contribution in [0.5, 0.6) is 0 Å². The quantitative estimate of drug-likeness (QED) is 0.868. The number of nitrogens with zero attached hydrogens (tertiary/aromatic N) is 4. The van der Waals surface area contributed by atoms with Gasteiger partial charge in [-0.05, 0) is 41.8 Å². The molecule has 2 aliphatic rings. The highest BCUT2D eigenvalue weighted by Gasteiger charge is 2.37. The third-order valence-electron chi connectivity index (χ3n) is 5.45. The Bertz CT molecular complexity index is 956. The van der Waals surface area contributed by atoms with E-state index in [1.165, 1.54) is 5.01 Å². The fourth-order valence-electron chi connectivity index (χ4n) is 3.76. The van der Waals surface area contributed by atoms with Crippen molar-refractivity contribution in [2.75, 3.05) is 11.9 Å². The number of nitrogens with one attached hydrogen (secondary N) is 1. The van der Waals surface area contributed by atoms with Gasteiger partial charge in [0, 0.05) is 44.1 Å². The summed E-state index contributed by atoms with van der Waals surface area (Å²) in [5, 5.41) is 9.01. The van der Waals surface area contributed by atoms with Crippen molar-refractivity contribution in [1.29, 1.82) is 0 Å². The van der Waals surface area contributed by atoms with E-state index in [-0.39, 0.29) is 11.9 Å². The number of urea groups is 1. The Morgan fingerprint density at radius 2 is 1.86 bits per heavy atom. The first kappa shape index (κ1) is 19.1. The van der Waals surface area contributed by atoms with Gasteiger partial charge >= 0.3 is 6.03 Å². The Morgan fingerprint density at radius 1 is 1.14 bits per heavy atom. The van der Waals surface area contributed by atoms with Crippen LogP contribution in [0, 0.1) is 5.41 Å². The number of aromatic nitrogens is 1. The monoisotopic (exact) mass is 391 g/mol. The second kappa shape index (κ2) is 7.31. The van der Waals surface area contributed by atoms with Crippen LogP contribution in [-0.2, 0) is 17.9 Å². The van der Waals surface area contributed by atoms with E-state index in [9.17, 15) is 9.59 Å². The van der Waals surface area contributed by atoms with Gasteiger partial charge in [0.1, 0.15) is 0 Å². The molecule has 0 fully saturated rings. The first-order valence-corrected chi connectivity index (χ1v) is 9.85. The molecule has 2 aliphatic heterocycles.